The van der Waals surface area contributed by atoms with Crippen molar-refractivity contribution in [1.29, 1.82) is 0 Å². The molecule has 1 rings (SSSR count). The lowest BCUT2D eigenvalue weighted by Crippen LogP contribution is -2.04. The predicted octanol–water partition coefficient (Wildman–Crippen LogP) is 2.95. The zero-order valence-corrected chi connectivity index (χ0v) is 10.4. The van der Waals surface area contributed by atoms with Gasteiger partial charge in [-0.25, -0.2) is 0 Å². The molecule has 2 nitrogen and oxygen atoms in total. The molecule has 0 aliphatic carbocycles. The Kier molecular flexibility index (Phi) is 4.82. The molecular weight excluding hydrogens is 256 g/mol. The third-order valence-electron chi connectivity index (χ3n) is 2.48. The number of carboxylic acids is 1. The molecule has 0 amide bonds. The third kappa shape index (κ3) is 3.67. The Labute approximate surface area is 98.4 Å². The Morgan fingerprint density at radius 3 is 2.67 bits per heavy atom. The summed E-state index contributed by atoms with van der Waals surface area (Å²) in [6.45, 7) is 2.00. The Morgan fingerprint density at radius 1 is 1.40 bits per heavy atom. The van der Waals surface area contributed by atoms with E-state index in [1.165, 1.54) is 5.56 Å². The van der Waals surface area contributed by atoms with Crippen LogP contribution in [-0.2, 0) is 17.6 Å². The standard InChI is InChI=1S/C12H15BrO2/c1-9-10(6-3-7-13)4-2-5-11(9)8-12(14)15/h2,4-5H,3,6-8H2,1H3,(H,14,15). The molecule has 0 bridgehead atoms. The summed E-state index contributed by atoms with van der Waals surface area (Å²) in [5.74, 6) is -0.768. The number of hydrogen-bond acceptors (Lipinski definition) is 1. The molecule has 0 fully saturated rings. The lowest BCUT2D eigenvalue weighted by Gasteiger charge is -2.09. The topological polar surface area (TPSA) is 37.3 Å². The Bertz CT molecular complexity index is 347. The van der Waals surface area contributed by atoms with Crippen molar-refractivity contribution < 1.29 is 9.90 Å². The maximum Gasteiger partial charge on any atom is 0.307 e. The van der Waals surface area contributed by atoms with E-state index in [2.05, 4.69) is 22.0 Å². The van der Waals surface area contributed by atoms with Crippen LogP contribution in [0, 0.1) is 6.92 Å². The molecule has 0 spiro atoms. The van der Waals surface area contributed by atoms with Crippen LogP contribution in [-0.4, -0.2) is 16.4 Å². The SMILES string of the molecule is Cc1c(CCCBr)cccc1CC(=O)O. The predicted molar refractivity (Wildman–Crippen MR) is 64.6 cm³/mol. The maximum absolute atomic E-state index is 10.6. The largest absolute Gasteiger partial charge is 0.481 e. The highest BCUT2D eigenvalue weighted by molar-refractivity contribution is 9.09. The minimum absolute atomic E-state index is 0.119. The molecule has 3 heteroatoms. The first-order valence-corrected chi connectivity index (χ1v) is 6.12. The van der Waals surface area contributed by atoms with Crippen molar-refractivity contribution in [3.63, 3.8) is 0 Å². The van der Waals surface area contributed by atoms with E-state index in [4.69, 9.17) is 5.11 Å². The van der Waals surface area contributed by atoms with E-state index in [9.17, 15) is 4.79 Å². The first kappa shape index (κ1) is 12.2. The summed E-state index contributed by atoms with van der Waals surface area (Å²) in [6.07, 6.45) is 2.20. The summed E-state index contributed by atoms with van der Waals surface area (Å²) in [6, 6.07) is 5.90. The average molecular weight is 271 g/mol. The van der Waals surface area contributed by atoms with Gasteiger partial charge in [-0.05, 0) is 36.5 Å². The van der Waals surface area contributed by atoms with Gasteiger partial charge in [0, 0.05) is 5.33 Å². The molecule has 82 valence electrons. The van der Waals surface area contributed by atoms with E-state index >= 15 is 0 Å². The number of carboxylic acid groups (broad SMARTS) is 1. The summed E-state index contributed by atoms with van der Waals surface area (Å²) in [4.78, 5) is 10.6. The van der Waals surface area contributed by atoms with Gasteiger partial charge in [0.25, 0.3) is 0 Å². The van der Waals surface area contributed by atoms with Gasteiger partial charge >= 0.3 is 5.97 Å². The summed E-state index contributed by atoms with van der Waals surface area (Å²) in [7, 11) is 0. The highest BCUT2D eigenvalue weighted by atomic mass is 79.9. The van der Waals surface area contributed by atoms with E-state index < -0.39 is 5.97 Å². The molecule has 0 unspecified atom stereocenters. The molecule has 15 heavy (non-hydrogen) atoms. The number of hydrogen-bond donors (Lipinski definition) is 1. The summed E-state index contributed by atoms with van der Waals surface area (Å²) < 4.78 is 0. The number of carbonyl (C=O) groups is 1. The van der Waals surface area contributed by atoms with Gasteiger partial charge in [0.05, 0.1) is 6.42 Å². The van der Waals surface area contributed by atoms with E-state index in [0.29, 0.717) is 0 Å². The van der Waals surface area contributed by atoms with Crippen LogP contribution < -0.4 is 0 Å². The van der Waals surface area contributed by atoms with Crippen LogP contribution in [0.2, 0.25) is 0 Å². The minimum atomic E-state index is -0.768. The molecule has 0 aromatic heterocycles. The van der Waals surface area contributed by atoms with E-state index in [1.54, 1.807) is 0 Å². The third-order valence-corrected chi connectivity index (χ3v) is 3.04. The average Bonchev–Trinajstić information content (AvgIpc) is 2.19. The molecule has 0 aliphatic heterocycles. The van der Waals surface area contributed by atoms with Gasteiger partial charge in [0.2, 0.25) is 0 Å². The Balaban J connectivity index is 2.85. The number of aliphatic carboxylic acids is 1. The van der Waals surface area contributed by atoms with Crippen molar-refractivity contribution in [2.75, 3.05) is 5.33 Å². The fourth-order valence-corrected chi connectivity index (χ4v) is 1.90. The fourth-order valence-electron chi connectivity index (χ4n) is 1.62. The van der Waals surface area contributed by atoms with Crippen LogP contribution >= 0.6 is 15.9 Å². The Morgan fingerprint density at radius 2 is 2.07 bits per heavy atom. The van der Waals surface area contributed by atoms with Crippen LogP contribution in [0.4, 0.5) is 0 Å². The Hall–Kier alpha value is -0.830. The normalized spacial score (nSPS) is 10.3. The summed E-state index contributed by atoms with van der Waals surface area (Å²) in [5, 5.41) is 9.73. The van der Waals surface area contributed by atoms with Crippen molar-refractivity contribution in [2.45, 2.75) is 26.2 Å². The van der Waals surface area contributed by atoms with E-state index in [1.807, 2.05) is 19.1 Å². The van der Waals surface area contributed by atoms with Gasteiger partial charge in [-0.3, -0.25) is 4.79 Å². The first-order chi connectivity index (χ1) is 7.15. The lowest BCUT2D eigenvalue weighted by molar-refractivity contribution is -0.136. The highest BCUT2D eigenvalue weighted by Crippen LogP contribution is 2.16. The second-order valence-corrected chi connectivity index (χ2v) is 4.36. The van der Waals surface area contributed by atoms with Crippen LogP contribution in [0.3, 0.4) is 0 Å². The molecule has 0 aliphatic rings. The lowest BCUT2D eigenvalue weighted by atomic mass is 9.97. The van der Waals surface area contributed by atoms with E-state index in [-0.39, 0.29) is 6.42 Å². The smallest absolute Gasteiger partial charge is 0.307 e. The molecule has 0 saturated heterocycles. The van der Waals surface area contributed by atoms with Crippen molar-refractivity contribution in [2.24, 2.45) is 0 Å². The zero-order chi connectivity index (χ0) is 11.3. The summed E-state index contributed by atoms with van der Waals surface area (Å²) in [5.41, 5.74) is 3.31. The molecule has 0 saturated carbocycles. The van der Waals surface area contributed by atoms with Gasteiger partial charge in [-0.15, -0.1) is 0 Å². The second-order valence-electron chi connectivity index (χ2n) is 3.56. The van der Waals surface area contributed by atoms with Crippen molar-refractivity contribution in [1.82, 2.24) is 0 Å². The second kappa shape index (κ2) is 5.91. The van der Waals surface area contributed by atoms with Crippen molar-refractivity contribution in [3.8, 4) is 0 Å². The maximum atomic E-state index is 10.6. The van der Waals surface area contributed by atoms with Crippen LogP contribution in [0.15, 0.2) is 18.2 Å². The number of aryl methyl sites for hydroxylation is 1. The number of benzene rings is 1. The monoisotopic (exact) mass is 270 g/mol. The molecule has 0 heterocycles. The molecule has 0 atom stereocenters. The van der Waals surface area contributed by atoms with Gasteiger partial charge in [0.15, 0.2) is 0 Å². The van der Waals surface area contributed by atoms with E-state index in [0.717, 1.165) is 29.3 Å². The van der Waals surface area contributed by atoms with Gasteiger partial charge in [0.1, 0.15) is 0 Å². The number of rotatable bonds is 5. The van der Waals surface area contributed by atoms with Gasteiger partial charge in [-0.1, -0.05) is 34.1 Å². The molecule has 1 aromatic carbocycles. The molecule has 0 radical (unpaired) electrons. The van der Waals surface area contributed by atoms with Crippen LogP contribution in [0.1, 0.15) is 23.1 Å². The quantitative estimate of drug-likeness (QED) is 0.836. The minimum Gasteiger partial charge on any atom is -0.481 e. The van der Waals surface area contributed by atoms with Crippen LogP contribution in [0.5, 0.6) is 0 Å². The number of halogens is 1. The van der Waals surface area contributed by atoms with Crippen molar-refractivity contribution in [3.05, 3.63) is 34.9 Å². The highest BCUT2D eigenvalue weighted by Gasteiger charge is 2.06. The van der Waals surface area contributed by atoms with Crippen LogP contribution in [0.25, 0.3) is 0 Å². The van der Waals surface area contributed by atoms with Crippen molar-refractivity contribution >= 4 is 21.9 Å². The molecular formula is C12H15BrO2. The first-order valence-electron chi connectivity index (χ1n) is 5.00. The number of alkyl halides is 1. The fraction of sp³-hybridized carbons (Fsp3) is 0.417. The van der Waals surface area contributed by atoms with Gasteiger partial charge in [-0.2, -0.15) is 0 Å². The molecule has 1 aromatic rings. The van der Waals surface area contributed by atoms with Gasteiger partial charge < -0.3 is 5.11 Å². The molecule has 1 N–H and O–H groups in total. The zero-order valence-electron chi connectivity index (χ0n) is 8.79. The summed E-state index contributed by atoms with van der Waals surface area (Å²) >= 11 is 3.40.